The highest BCUT2D eigenvalue weighted by Crippen LogP contribution is 2.19. The molecule has 4 heteroatoms. The van der Waals surface area contributed by atoms with Gasteiger partial charge < -0.3 is 15.7 Å². The van der Waals surface area contributed by atoms with Gasteiger partial charge in [-0.3, -0.25) is 0 Å². The van der Waals surface area contributed by atoms with Gasteiger partial charge in [-0.2, -0.15) is 0 Å². The van der Waals surface area contributed by atoms with Crippen LogP contribution in [0.2, 0.25) is 0 Å². The molecule has 1 unspecified atom stereocenters. The largest absolute Gasteiger partial charge is 0.411 e. The van der Waals surface area contributed by atoms with Crippen LogP contribution in [0.5, 0.6) is 0 Å². The van der Waals surface area contributed by atoms with Crippen molar-refractivity contribution in [3.05, 3.63) is 23.8 Å². The van der Waals surface area contributed by atoms with Gasteiger partial charge in [0.25, 0.3) is 0 Å². The lowest BCUT2D eigenvalue weighted by Gasteiger charge is -2.15. The molecular weight excluding hydrogens is 180 g/mol. The second-order valence-electron chi connectivity index (χ2n) is 3.34. The van der Waals surface area contributed by atoms with Crippen molar-refractivity contribution in [2.75, 3.05) is 0 Å². The van der Waals surface area contributed by atoms with Gasteiger partial charge in [-0.1, -0.05) is 23.4 Å². The molecule has 0 aromatic rings. The maximum atomic E-state index is 10.3. The summed E-state index contributed by atoms with van der Waals surface area (Å²) in [5.41, 5.74) is 6.39. The van der Waals surface area contributed by atoms with Crippen LogP contribution >= 0.6 is 0 Å². The number of allylic oxidation sites excluding steroid dienone is 4. The average Bonchev–Trinajstić information content (AvgIpc) is 2.21. The zero-order chi connectivity index (χ0) is 10.4. The topological polar surface area (TPSA) is 75.7 Å². The number of nitrogens with zero attached hydrogens (tertiary/aromatic N) is 1. The molecule has 0 fully saturated rings. The number of carbonyl (C=O) groups is 1. The average molecular weight is 194 g/mol. The fraction of sp³-hybridized carbons (Fsp3) is 0.400. The summed E-state index contributed by atoms with van der Waals surface area (Å²) in [4.78, 5) is 10.3. The summed E-state index contributed by atoms with van der Waals surface area (Å²) in [6.45, 7) is 0. The molecule has 0 saturated carbocycles. The predicted octanol–water partition coefficient (Wildman–Crippen LogP) is 0.865. The lowest BCUT2D eigenvalue weighted by molar-refractivity contribution is -0.109. The number of nitrogens with two attached hydrogens (primary N) is 1. The first kappa shape index (κ1) is 10.7. The highest BCUT2D eigenvalue weighted by Gasteiger charge is 2.11. The highest BCUT2D eigenvalue weighted by atomic mass is 16.4. The Hall–Kier alpha value is -1.42. The van der Waals surface area contributed by atoms with Gasteiger partial charge in [0.15, 0.2) is 0 Å². The SMILES string of the molecule is N[C@H](C=O)CC1C=CC(/C=N/O)=CC1. The number of rotatable bonds is 4. The number of hydrogen-bond donors (Lipinski definition) is 2. The zero-order valence-corrected chi connectivity index (χ0v) is 7.84. The van der Waals surface area contributed by atoms with Crippen LogP contribution in [0.4, 0.5) is 0 Å². The fourth-order valence-electron chi connectivity index (χ4n) is 1.42. The molecule has 3 N–H and O–H groups in total. The third-order valence-electron chi connectivity index (χ3n) is 2.17. The van der Waals surface area contributed by atoms with E-state index in [1.165, 1.54) is 6.21 Å². The summed E-state index contributed by atoms with van der Waals surface area (Å²) >= 11 is 0. The van der Waals surface area contributed by atoms with Crippen LogP contribution in [0.25, 0.3) is 0 Å². The molecule has 14 heavy (non-hydrogen) atoms. The first-order valence-corrected chi connectivity index (χ1v) is 4.53. The Morgan fingerprint density at radius 2 is 2.57 bits per heavy atom. The van der Waals surface area contributed by atoms with Crippen LogP contribution in [0, 0.1) is 5.92 Å². The lowest BCUT2D eigenvalue weighted by Crippen LogP contribution is -2.24. The van der Waals surface area contributed by atoms with Gasteiger partial charge in [0, 0.05) is 0 Å². The second kappa shape index (κ2) is 5.34. The zero-order valence-electron chi connectivity index (χ0n) is 7.84. The van der Waals surface area contributed by atoms with Gasteiger partial charge >= 0.3 is 0 Å². The molecule has 0 saturated heterocycles. The Morgan fingerprint density at radius 1 is 1.79 bits per heavy atom. The van der Waals surface area contributed by atoms with E-state index in [0.29, 0.717) is 12.3 Å². The smallest absolute Gasteiger partial charge is 0.136 e. The molecule has 0 aromatic carbocycles. The van der Waals surface area contributed by atoms with Crippen LogP contribution in [0.15, 0.2) is 29.0 Å². The minimum Gasteiger partial charge on any atom is -0.411 e. The summed E-state index contributed by atoms with van der Waals surface area (Å²) in [6.07, 6.45) is 9.46. The molecule has 0 aromatic heterocycles. The van der Waals surface area contributed by atoms with Crippen LogP contribution in [-0.2, 0) is 4.79 Å². The van der Waals surface area contributed by atoms with Crippen molar-refractivity contribution in [3.63, 3.8) is 0 Å². The Labute approximate surface area is 82.8 Å². The summed E-state index contributed by atoms with van der Waals surface area (Å²) < 4.78 is 0. The van der Waals surface area contributed by atoms with Crippen LogP contribution in [0.1, 0.15) is 12.8 Å². The van der Waals surface area contributed by atoms with Crippen molar-refractivity contribution < 1.29 is 10.0 Å². The summed E-state index contributed by atoms with van der Waals surface area (Å²) in [7, 11) is 0. The van der Waals surface area contributed by atoms with E-state index >= 15 is 0 Å². The molecule has 4 nitrogen and oxygen atoms in total. The minimum absolute atomic E-state index is 0.311. The fourth-order valence-corrected chi connectivity index (χ4v) is 1.42. The maximum absolute atomic E-state index is 10.3. The minimum atomic E-state index is -0.383. The van der Waals surface area contributed by atoms with Crippen LogP contribution in [-0.4, -0.2) is 23.7 Å². The Kier molecular flexibility index (Phi) is 4.07. The third kappa shape index (κ3) is 3.14. The molecule has 0 aliphatic heterocycles. The third-order valence-corrected chi connectivity index (χ3v) is 2.17. The van der Waals surface area contributed by atoms with Crippen molar-refractivity contribution in [1.82, 2.24) is 0 Å². The van der Waals surface area contributed by atoms with E-state index < -0.39 is 0 Å². The molecule has 1 aliphatic rings. The van der Waals surface area contributed by atoms with Gasteiger partial charge in [-0.15, -0.1) is 0 Å². The van der Waals surface area contributed by atoms with Gasteiger partial charge in [0.1, 0.15) is 6.29 Å². The first-order chi connectivity index (χ1) is 6.76. The summed E-state index contributed by atoms with van der Waals surface area (Å²) in [5.74, 6) is 0.311. The van der Waals surface area contributed by atoms with Gasteiger partial charge in [0.05, 0.1) is 12.3 Å². The van der Waals surface area contributed by atoms with Crippen molar-refractivity contribution in [1.29, 1.82) is 0 Å². The maximum Gasteiger partial charge on any atom is 0.136 e. The number of carbonyl (C=O) groups excluding carboxylic acids is 1. The molecule has 1 rings (SSSR count). The molecule has 0 spiro atoms. The molecule has 76 valence electrons. The monoisotopic (exact) mass is 194 g/mol. The van der Waals surface area contributed by atoms with Crippen molar-refractivity contribution in [2.45, 2.75) is 18.9 Å². The number of hydrogen-bond acceptors (Lipinski definition) is 4. The predicted molar refractivity (Wildman–Crippen MR) is 54.3 cm³/mol. The summed E-state index contributed by atoms with van der Waals surface area (Å²) in [5, 5.41) is 11.2. The van der Waals surface area contributed by atoms with Gasteiger partial charge in [-0.05, 0) is 24.3 Å². The normalized spacial score (nSPS) is 23.5. The number of oxime groups is 1. The van der Waals surface area contributed by atoms with E-state index in [4.69, 9.17) is 10.9 Å². The first-order valence-electron chi connectivity index (χ1n) is 4.53. The Morgan fingerprint density at radius 3 is 3.07 bits per heavy atom. The van der Waals surface area contributed by atoms with E-state index in [-0.39, 0.29) is 6.04 Å². The number of aldehydes is 1. The Bertz CT molecular complexity index is 282. The molecule has 1 aliphatic carbocycles. The molecular formula is C10H14N2O2. The van der Waals surface area contributed by atoms with Crippen LogP contribution in [0.3, 0.4) is 0 Å². The van der Waals surface area contributed by atoms with Gasteiger partial charge in [-0.25, -0.2) is 0 Å². The molecule has 0 heterocycles. The quantitative estimate of drug-likeness (QED) is 0.302. The van der Waals surface area contributed by atoms with Crippen LogP contribution < -0.4 is 5.73 Å². The standard InChI is InChI=1S/C10H14N2O2/c11-10(7-13)5-8-1-3-9(4-2-8)6-12-14/h1,3-4,6-8,10,14H,2,5,11H2/b12-6+/t8?,10-/m0/s1. The van der Waals surface area contributed by atoms with Crippen molar-refractivity contribution in [2.24, 2.45) is 16.8 Å². The van der Waals surface area contributed by atoms with E-state index in [9.17, 15) is 4.79 Å². The Balaban J connectivity index is 2.44. The lowest BCUT2D eigenvalue weighted by atomic mass is 9.92. The van der Waals surface area contributed by atoms with Gasteiger partial charge in [0.2, 0.25) is 0 Å². The molecule has 0 bridgehead atoms. The molecule has 2 atom stereocenters. The van der Waals surface area contributed by atoms with E-state index in [0.717, 1.165) is 18.3 Å². The van der Waals surface area contributed by atoms with Crippen molar-refractivity contribution >= 4 is 12.5 Å². The summed E-state index contributed by atoms with van der Waals surface area (Å²) in [6, 6.07) is -0.383. The second-order valence-corrected chi connectivity index (χ2v) is 3.34. The van der Waals surface area contributed by atoms with E-state index in [1.807, 2.05) is 18.2 Å². The molecule has 0 amide bonds. The van der Waals surface area contributed by atoms with E-state index in [1.54, 1.807) is 0 Å². The highest BCUT2D eigenvalue weighted by molar-refractivity contribution is 5.82. The van der Waals surface area contributed by atoms with Crippen molar-refractivity contribution in [3.8, 4) is 0 Å². The van der Waals surface area contributed by atoms with E-state index in [2.05, 4.69) is 5.16 Å². The molecule has 0 radical (unpaired) electrons.